The molecule has 2 nitrogen and oxygen atoms in total. The summed E-state index contributed by atoms with van der Waals surface area (Å²) in [5.74, 6) is 1.48. The third kappa shape index (κ3) is 2.60. The molecule has 5 rings (SSSR count). The van der Waals surface area contributed by atoms with Crippen molar-refractivity contribution in [2.75, 3.05) is 0 Å². The number of hydrogen-bond donors (Lipinski definition) is 1. The average molecular weight is 377 g/mol. The minimum Gasteiger partial charge on any atom is -0.393 e. The highest BCUT2D eigenvalue weighted by atomic mass is 16.3. The molecule has 0 unspecified atom stereocenters. The molecule has 0 saturated heterocycles. The maximum absolute atomic E-state index is 12.3. The van der Waals surface area contributed by atoms with Gasteiger partial charge >= 0.3 is 0 Å². The highest BCUT2D eigenvalue weighted by Gasteiger charge is 2.56. The summed E-state index contributed by atoms with van der Waals surface area (Å²) < 4.78 is 0. The first kappa shape index (κ1) is 18.4. The highest BCUT2D eigenvalue weighted by Crippen LogP contribution is 2.63. The lowest BCUT2D eigenvalue weighted by atomic mass is 9.50. The van der Waals surface area contributed by atoms with Crippen molar-refractivity contribution in [1.82, 2.24) is 0 Å². The largest absolute Gasteiger partial charge is 0.393 e. The van der Waals surface area contributed by atoms with Crippen LogP contribution in [0.1, 0.15) is 63.0 Å². The highest BCUT2D eigenvalue weighted by molar-refractivity contribution is 5.92. The average Bonchev–Trinajstić information content (AvgIpc) is 2.99. The summed E-state index contributed by atoms with van der Waals surface area (Å²) >= 11 is 0. The zero-order valence-corrected chi connectivity index (χ0v) is 17.2. The van der Waals surface area contributed by atoms with Gasteiger partial charge in [-0.05, 0) is 75.3 Å². The van der Waals surface area contributed by atoms with Gasteiger partial charge in [0.25, 0.3) is 0 Å². The van der Waals surface area contributed by atoms with Crippen molar-refractivity contribution in [1.29, 1.82) is 0 Å². The molecule has 2 saturated carbocycles. The Morgan fingerprint density at radius 2 is 1.89 bits per heavy atom. The summed E-state index contributed by atoms with van der Waals surface area (Å²) in [4.78, 5) is 12.3. The Morgan fingerprint density at radius 3 is 2.68 bits per heavy atom. The first-order valence-electron chi connectivity index (χ1n) is 11.1. The summed E-state index contributed by atoms with van der Waals surface area (Å²) in [6.45, 7) is 4.45. The van der Waals surface area contributed by atoms with Gasteiger partial charge in [0.2, 0.25) is 0 Å². The molecular weight excluding hydrogens is 344 g/mol. The Labute approximate surface area is 168 Å². The second-order valence-electron chi connectivity index (χ2n) is 10.1. The van der Waals surface area contributed by atoms with Crippen LogP contribution in [0, 0.1) is 29.6 Å². The van der Waals surface area contributed by atoms with Crippen molar-refractivity contribution in [3.63, 3.8) is 0 Å². The lowest BCUT2D eigenvalue weighted by molar-refractivity contribution is -0.115. The van der Waals surface area contributed by atoms with Gasteiger partial charge < -0.3 is 5.11 Å². The van der Waals surface area contributed by atoms with E-state index < -0.39 is 0 Å². The van der Waals surface area contributed by atoms with E-state index in [-0.39, 0.29) is 16.9 Å². The molecule has 1 aromatic rings. The molecule has 0 aliphatic heterocycles. The summed E-state index contributed by atoms with van der Waals surface area (Å²) in [5, 5.41) is 10.7. The molecule has 4 aliphatic carbocycles. The van der Waals surface area contributed by atoms with E-state index in [2.05, 4.69) is 44.2 Å². The minimum absolute atomic E-state index is 0.0287. The van der Waals surface area contributed by atoms with E-state index in [0.29, 0.717) is 24.0 Å². The molecular formula is C26H32O2. The number of allylic oxidation sites excluding steroid dienone is 4. The number of carbonyl (C=O) groups excluding carboxylic acids is 1. The zero-order valence-electron chi connectivity index (χ0n) is 17.2. The van der Waals surface area contributed by atoms with Crippen LogP contribution in [-0.4, -0.2) is 17.0 Å². The van der Waals surface area contributed by atoms with Crippen LogP contribution in [0.5, 0.6) is 0 Å². The fourth-order valence-corrected chi connectivity index (χ4v) is 7.01. The van der Waals surface area contributed by atoms with Gasteiger partial charge in [-0.1, -0.05) is 54.0 Å². The number of hydrogen-bond acceptors (Lipinski definition) is 2. The van der Waals surface area contributed by atoms with E-state index in [1.165, 1.54) is 16.7 Å². The Hall–Kier alpha value is -1.67. The van der Waals surface area contributed by atoms with Crippen molar-refractivity contribution < 1.29 is 9.90 Å². The predicted octanol–water partition coefficient (Wildman–Crippen LogP) is 5.33. The molecule has 1 aromatic carbocycles. The van der Waals surface area contributed by atoms with Gasteiger partial charge in [0, 0.05) is 17.3 Å². The van der Waals surface area contributed by atoms with Crippen LogP contribution in [0.25, 0.3) is 0 Å². The number of aryl methyl sites for hydroxylation is 1. The van der Waals surface area contributed by atoms with Crippen molar-refractivity contribution in [2.24, 2.45) is 22.7 Å². The molecule has 148 valence electrons. The smallest absolute Gasteiger partial charge is 0.155 e. The Bertz CT molecular complexity index is 861. The van der Waals surface area contributed by atoms with Crippen LogP contribution in [0.4, 0.5) is 0 Å². The molecule has 0 radical (unpaired) electrons. The topological polar surface area (TPSA) is 37.3 Å². The number of rotatable bonds is 2. The Balaban J connectivity index is 1.59. The third-order valence-corrected chi connectivity index (χ3v) is 8.66. The van der Waals surface area contributed by atoms with E-state index in [0.717, 1.165) is 44.9 Å². The molecule has 0 amide bonds. The van der Waals surface area contributed by atoms with Crippen molar-refractivity contribution in [3.8, 4) is 0 Å². The third-order valence-electron chi connectivity index (χ3n) is 8.66. The van der Waals surface area contributed by atoms with Gasteiger partial charge in [-0.25, -0.2) is 0 Å². The van der Waals surface area contributed by atoms with Gasteiger partial charge in [0.15, 0.2) is 5.78 Å². The fraction of sp³-hybridized carbons (Fsp3) is 0.577. The minimum atomic E-state index is -0.159. The van der Waals surface area contributed by atoms with Crippen LogP contribution < -0.4 is 0 Å². The summed E-state index contributed by atoms with van der Waals surface area (Å²) in [7, 11) is 0. The molecule has 0 bridgehead atoms. The van der Waals surface area contributed by atoms with Gasteiger partial charge in [0.05, 0.1) is 6.10 Å². The lowest BCUT2D eigenvalue weighted by Gasteiger charge is -2.54. The van der Waals surface area contributed by atoms with Gasteiger partial charge in [-0.3, -0.25) is 4.79 Å². The van der Waals surface area contributed by atoms with Crippen LogP contribution in [0.15, 0.2) is 47.6 Å². The SMILES string of the molecule is Cc1ccc(C[C@]23CCC(=O)C=C2CC[C@@H]2C3=CC[C@]3(C)[C@@H](O)CC[C@@H]23)cc1. The van der Waals surface area contributed by atoms with E-state index in [1.807, 2.05) is 6.08 Å². The number of aliphatic hydroxyl groups is 1. The van der Waals surface area contributed by atoms with E-state index in [1.54, 1.807) is 5.57 Å². The first-order valence-corrected chi connectivity index (χ1v) is 11.1. The molecule has 0 spiro atoms. The number of carbonyl (C=O) groups is 1. The van der Waals surface area contributed by atoms with Gasteiger partial charge in [0.1, 0.15) is 0 Å². The standard InChI is InChI=1S/C26H32O2/c1-17-3-5-18(6-4-17)16-26-14-11-20(27)15-19(26)7-8-21-22-9-10-24(28)25(22,2)13-12-23(21)26/h3-6,12,15,21-22,24,28H,7-11,13-14,16H2,1-2H3/t21-,22-,24-,25-,26+/m0/s1. The van der Waals surface area contributed by atoms with E-state index >= 15 is 0 Å². The lowest BCUT2D eigenvalue weighted by Crippen LogP contribution is -2.47. The van der Waals surface area contributed by atoms with E-state index in [9.17, 15) is 9.90 Å². The van der Waals surface area contributed by atoms with Gasteiger partial charge in [-0.15, -0.1) is 0 Å². The molecule has 5 atom stereocenters. The van der Waals surface area contributed by atoms with Crippen LogP contribution in [0.3, 0.4) is 0 Å². The molecule has 4 aliphatic rings. The maximum Gasteiger partial charge on any atom is 0.155 e. The Morgan fingerprint density at radius 1 is 1.11 bits per heavy atom. The number of aliphatic hydroxyl groups excluding tert-OH is 1. The van der Waals surface area contributed by atoms with Crippen molar-refractivity contribution in [3.05, 3.63) is 58.7 Å². The second kappa shape index (κ2) is 6.42. The summed E-state index contributed by atoms with van der Waals surface area (Å²) in [6.07, 6.45) is 12.2. The molecule has 2 fully saturated rings. The monoisotopic (exact) mass is 376 g/mol. The quantitative estimate of drug-likeness (QED) is 0.708. The first-order chi connectivity index (χ1) is 13.4. The number of fused-ring (bicyclic) bond motifs is 5. The fourth-order valence-electron chi connectivity index (χ4n) is 7.01. The molecule has 28 heavy (non-hydrogen) atoms. The molecule has 0 aromatic heterocycles. The predicted molar refractivity (Wildman–Crippen MR) is 112 cm³/mol. The summed E-state index contributed by atoms with van der Waals surface area (Å²) in [6, 6.07) is 8.97. The van der Waals surface area contributed by atoms with Crippen LogP contribution >= 0.6 is 0 Å². The Kier molecular flexibility index (Phi) is 4.21. The summed E-state index contributed by atoms with van der Waals surface area (Å²) in [5.41, 5.74) is 5.74. The normalized spacial score (nSPS) is 39.5. The van der Waals surface area contributed by atoms with Crippen molar-refractivity contribution >= 4 is 5.78 Å². The van der Waals surface area contributed by atoms with Gasteiger partial charge in [-0.2, -0.15) is 0 Å². The second-order valence-corrected chi connectivity index (χ2v) is 10.1. The molecule has 1 N–H and O–H groups in total. The van der Waals surface area contributed by atoms with Crippen molar-refractivity contribution in [2.45, 2.75) is 71.3 Å². The molecule has 0 heterocycles. The maximum atomic E-state index is 12.3. The number of ketones is 1. The van der Waals surface area contributed by atoms with Crippen LogP contribution in [0.2, 0.25) is 0 Å². The molecule has 2 heteroatoms. The van der Waals surface area contributed by atoms with E-state index in [4.69, 9.17) is 0 Å². The number of benzene rings is 1. The van der Waals surface area contributed by atoms with Crippen LogP contribution in [-0.2, 0) is 11.2 Å². The zero-order chi connectivity index (χ0) is 19.5.